The van der Waals surface area contributed by atoms with Crippen LogP contribution in [0.2, 0.25) is 0 Å². The Morgan fingerprint density at radius 1 is 0.630 bits per heavy atom. The highest BCUT2D eigenvalue weighted by molar-refractivity contribution is 6.02. The van der Waals surface area contributed by atoms with E-state index in [1.807, 2.05) is 0 Å². The molecule has 252 valence electrons. The van der Waals surface area contributed by atoms with E-state index >= 15 is 0 Å². The van der Waals surface area contributed by atoms with Crippen molar-refractivity contribution in [1.82, 2.24) is 16.0 Å². The lowest BCUT2D eigenvalue weighted by atomic mass is 10.2. The Morgan fingerprint density at radius 2 is 1.09 bits per heavy atom. The molecular weight excluding hydrogens is 594 g/mol. The number of carbonyl (C=O) groups is 4. The molecule has 46 heavy (non-hydrogen) atoms. The Balaban J connectivity index is 1.92. The van der Waals surface area contributed by atoms with Crippen LogP contribution in [0.4, 0.5) is 25.8 Å². The number of nitrogens with one attached hydrogen (secondary N) is 4. The van der Waals surface area contributed by atoms with E-state index in [0.29, 0.717) is 48.7 Å². The van der Waals surface area contributed by atoms with Crippen LogP contribution in [-0.4, -0.2) is 53.5 Å². The molecule has 0 aliphatic heterocycles. The average Bonchev–Trinajstić information content (AvgIpc) is 2.87. The van der Waals surface area contributed by atoms with Gasteiger partial charge in [0.1, 0.15) is 28.3 Å². The third-order valence-electron chi connectivity index (χ3n) is 5.19. The van der Waals surface area contributed by atoms with Gasteiger partial charge in [0.2, 0.25) is 11.9 Å². The van der Waals surface area contributed by atoms with Gasteiger partial charge in [-0.25, -0.2) is 19.4 Å². The first-order valence-electron chi connectivity index (χ1n) is 15.0. The predicted molar refractivity (Wildman–Crippen MR) is 176 cm³/mol. The number of unbranched alkanes of at least 4 members (excludes halogenated alkanes) is 1. The molecule has 0 saturated heterocycles. The fourth-order valence-electron chi connectivity index (χ4n) is 3.49. The normalized spacial score (nSPS) is 11.4. The summed E-state index contributed by atoms with van der Waals surface area (Å²) in [6, 6.07) is 13.5. The Kier molecular flexibility index (Phi) is 13.4. The van der Waals surface area contributed by atoms with Crippen molar-refractivity contribution in [2.75, 3.05) is 11.9 Å². The smallest absolute Gasteiger partial charge is 0.414 e. The lowest BCUT2D eigenvalue weighted by molar-refractivity contribution is -0.116. The van der Waals surface area contributed by atoms with Crippen LogP contribution in [0.15, 0.2) is 53.5 Å². The predicted octanol–water partition coefficient (Wildman–Crippen LogP) is 7.15. The summed E-state index contributed by atoms with van der Waals surface area (Å²) in [7, 11) is 0. The second-order valence-electron chi connectivity index (χ2n) is 13.3. The molecule has 0 aromatic heterocycles. The number of hydrogen-bond donors (Lipinski definition) is 4. The summed E-state index contributed by atoms with van der Waals surface area (Å²) in [5, 5.41) is 10.4. The molecule has 0 aliphatic carbocycles. The molecule has 0 saturated carbocycles. The molecule has 4 N–H and O–H groups in total. The molecule has 0 radical (unpaired) electrons. The lowest BCUT2D eigenvalue weighted by Gasteiger charge is -2.22. The second-order valence-corrected chi connectivity index (χ2v) is 13.3. The zero-order valence-electron chi connectivity index (χ0n) is 28.2. The van der Waals surface area contributed by atoms with Crippen LogP contribution in [0, 0.1) is 0 Å². The molecule has 0 atom stereocenters. The fraction of sp³-hybridized carbons (Fsp3) is 0.485. The van der Waals surface area contributed by atoms with Crippen LogP contribution < -0.4 is 26.0 Å². The number of benzene rings is 2. The van der Waals surface area contributed by atoms with E-state index in [2.05, 4.69) is 26.3 Å². The van der Waals surface area contributed by atoms with Crippen LogP contribution in [0.25, 0.3) is 0 Å². The van der Waals surface area contributed by atoms with E-state index in [-0.39, 0.29) is 11.9 Å². The summed E-state index contributed by atoms with van der Waals surface area (Å²) >= 11 is 0. The van der Waals surface area contributed by atoms with E-state index in [1.54, 1.807) is 111 Å². The van der Waals surface area contributed by atoms with Crippen LogP contribution in [0.5, 0.6) is 11.5 Å². The molecular formula is C33H47N5O8. The van der Waals surface area contributed by atoms with Crippen LogP contribution in [0.3, 0.4) is 0 Å². The highest BCUT2D eigenvalue weighted by atomic mass is 16.6. The van der Waals surface area contributed by atoms with Gasteiger partial charge in [-0.3, -0.25) is 15.4 Å². The van der Waals surface area contributed by atoms with E-state index in [4.69, 9.17) is 18.9 Å². The largest absolute Gasteiger partial charge is 0.457 e. The maximum absolute atomic E-state index is 12.3. The van der Waals surface area contributed by atoms with Crippen molar-refractivity contribution < 1.29 is 38.1 Å². The Labute approximate surface area is 270 Å². The monoisotopic (exact) mass is 641 g/mol. The third kappa shape index (κ3) is 16.9. The SMILES string of the molecule is CC(C)(C)OC(=O)NCCCCC(=O)Nc1ccc(Oc2ccc(N=C(NC(=O)OC(C)(C)C)NC(=O)OC(C)(C)C)cc2)cc1. The van der Waals surface area contributed by atoms with Gasteiger partial charge >= 0.3 is 18.3 Å². The fourth-order valence-corrected chi connectivity index (χ4v) is 3.49. The Bertz CT molecular complexity index is 1320. The molecule has 2 aromatic carbocycles. The van der Waals surface area contributed by atoms with E-state index in [9.17, 15) is 19.2 Å². The lowest BCUT2D eigenvalue weighted by Crippen LogP contribution is -2.47. The van der Waals surface area contributed by atoms with Crippen molar-refractivity contribution in [3.05, 3.63) is 48.5 Å². The van der Waals surface area contributed by atoms with Gasteiger partial charge in [0, 0.05) is 18.7 Å². The molecule has 0 unspecified atom stereocenters. The Morgan fingerprint density at radius 3 is 1.57 bits per heavy atom. The molecule has 0 aliphatic rings. The summed E-state index contributed by atoms with van der Waals surface area (Å²) in [5.41, 5.74) is -1.04. The number of rotatable bonds is 9. The van der Waals surface area contributed by atoms with Crippen molar-refractivity contribution in [3.8, 4) is 11.5 Å². The van der Waals surface area contributed by atoms with Gasteiger partial charge in [-0.1, -0.05) is 0 Å². The molecule has 0 bridgehead atoms. The summed E-state index contributed by atoms with van der Waals surface area (Å²) in [5.74, 6) is 0.745. The molecule has 2 rings (SSSR count). The molecule has 0 fully saturated rings. The average molecular weight is 642 g/mol. The number of aliphatic imine (C=N–C) groups is 1. The first kappa shape index (κ1) is 37.4. The van der Waals surface area contributed by atoms with Crippen LogP contribution in [0.1, 0.15) is 81.6 Å². The first-order chi connectivity index (χ1) is 21.3. The third-order valence-corrected chi connectivity index (χ3v) is 5.19. The number of amides is 4. The zero-order valence-corrected chi connectivity index (χ0v) is 28.2. The first-order valence-corrected chi connectivity index (χ1v) is 15.0. The minimum atomic E-state index is -0.797. The standard InChI is InChI=1S/C33H47N5O8/c1-31(2,3)44-28(40)34-21-11-10-12-26(39)35-22-13-17-24(18-14-22)43-25-19-15-23(16-20-25)36-27(37-29(41)45-32(4,5)6)38-30(42)46-33(7,8)9/h13-20H,10-12,21H2,1-9H3,(H,34,40)(H,35,39)(H2,36,37,38,41,42). The van der Waals surface area contributed by atoms with Gasteiger partial charge in [-0.15, -0.1) is 0 Å². The van der Waals surface area contributed by atoms with Crippen molar-refractivity contribution >= 4 is 41.5 Å². The van der Waals surface area contributed by atoms with E-state index in [1.165, 1.54) is 0 Å². The summed E-state index contributed by atoms with van der Waals surface area (Å²) in [6.45, 7) is 16.1. The zero-order chi connectivity index (χ0) is 34.5. The minimum absolute atomic E-state index is 0.135. The number of anilines is 1. The number of nitrogens with zero attached hydrogens (tertiary/aromatic N) is 1. The van der Waals surface area contributed by atoms with Crippen molar-refractivity contribution in [2.45, 2.75) is 98.4 Å². The summed E-state index contributed by atoms with van der Waals surface area (Å²) in [4.78, 5) is 52.9. The van der Waals surface area contributed by atoms with Gasteiger partial charge in [0.15, 0.2) is 0 Å². The maximum Gasteiger partial charge on any atom is 0.414 e. The maximum atomic E-state index is 12.3. The summed E-state index contributed by atoms with van der Waals surface area (Å²) in [6.07, 6.45) is -0.503. The Hall–Kier alpha value is -4.81. The highest BCUT2D eigenvalue weighted by Gasteiger charge is 2.21. The van der Waals surface area contributed by atoms with Crippen molar-refractivity contribution in [1.29, 1.82) is 0 Å². The van der Waals surface area contributed by atoms with Crippen molar-refractivity contribution in [2.24, 2.45) is 4.99 Å². The minimum Gasteiger partial charge on any atom is -0.457 e. The van der Waals surface area contributed by atoms with Crippen LogP contribution in [-0.2, 0) is 19.0 Å². The molecule has 4 amide bonds. The molecule has 2 aromatic rings. The molecule has 13 heteroatoms. The highest BCUT2D eigenvalue weighted by Crippen LogP contribution is 2.25. The molecule has 13 nitrogen and oxygen atoms in total. The number of carbonyl (C=O) groups excluding carboxylic acids is 4. The number of hydrogen-bond acceptors (Lipinski definition) is 9. The second kappa shape index (κ2) is 16.5. The van der Waals surface area contributed by atoms with Gasteiger partial charge in [0.05, 0.1) is 5.69 Å². The van der Waals surface area contributed by atoms with E-state index in [0.717, 1.165) is 0 Å². The number of alkyl carbamates (subject to hydrolysis) is 3. The van der Waals surface area contributed by atoms with E-state index < -0.39 is 35.1 Å². The van der Waals surface area contributed by atoms with Gasteiger partial charge in [-0.05, 0) is 124 Å². The van der Waals surface area contributed by atoms with Gasteiger partial charge < -0.3 is 29.6 Å². The van der Waals surface area contributed by atoms with Crippen LogP contribution >= 0.6 is 0 Å². The quantitative estimate of drug-likeness (QED) is 0.0970. The topological polar surface area (TPSA) is 166 Å². The van der Waals surface area contributed by atoms with Gasteiger partial charge in [-0.2, -0.15) is 0 Å². The van der Waals surface area contributed by atoms with Crippen molar-refractivity contribution in [3.63, 3.8) is 0 Å². The number of guanidine groups is 1. The van der Waals surface area contributed by atoms with Gasteiger partial charge in [0.25, 0.3) is 0 Å². The molecule has 0 spiro atoms. The summed E-state index contributed by atoms with van der Waals surface area (Å²) < 4.78 is 21.6. The molecule has 0 heterocycles. The number of ether oxygens (including phenoxy) is 4.